The summed E-state index contributed by atoms with van der Waals surface area (Å²) in [4.78, 5) is 37.6. The van der Waals surface area contributed by atoms with Gasteiger partial charge in [-0.15, -0.1) is 11.3 Å². The molecule has 9 nitrogen and oxygen atoms in total. The van der Waals surface area contributed by atoms with Crippen LogP contribution in [0, 0.1) is 21.4 Å². The number of nitrogens with one attached hydrogen (secondary N) is 1. The Morgan fingerprint density at radius 1 is 1.29 bits per heavy atom. The molecule has 0 unspecified atom stereocenters. The molecule has 0 bridgehead atoms. The molecule has 11 heteroatoms. The number of esters is 1. The number of nitro groups is 1. The standard InChI is InChI=1S/C27H24ClN3O6S/c1-2-3-12-36-27(33)24-19-6-4-5-7-23(19)38-26(24)30-25(32)17(15-29)13-18-9-11-22(37-18)16-8-10-20(28)21(14-16)31(34)35/h8-11,13-14H,2-7,12H2,1H3,(H,30,32)/b17-13+. The summed E-state index contributed by atoms with van der Waals surface area (Å²) in [5.74, 6) is -0.650. The maximum absolute atomic E-state index is 13.1. The van der Waals surface area contributed by atoms with E-state index in [1.165, 1.54) is 29.5 Å². The average molecular weight is 554 g/mol. The van der Waals surface area contributed by atoms with E-state index in [0.29, 0.717) is 28.5 Å². The highest BCUT2D eigenvalue weighted by molar-refractivity contribution is 7.17. The number of rotatable bonds is 9. The minimum atomic E-state index is -0.686. The van der Waals surface area contributed by atoms with E-state index in [1.807, 2.05) is 13.0 Å². The van der Waals surface area contributed by atoms with E-state index in [2.05, 4.69) is 5.32 Å². The number of halogens is 1. The number of ether oxygens (including phenoxy) is 1. The number of carbonyl (C=O) groups is 2. The molecule has 38 heavy (non-hydrogen) atoms. The van der Waals surface area contributed by atoms with Gasteiger partial charge in [0.05, 0.1) is 17.1 Å². The van der Waals surface area contributed by atoms with Crippen LogP contribution in [0.3, 0.4) is 0 Å². The number of carbonyl (C=O) groups excluding carboxylic acids is 2. The molecule has 0 spiro atoms. The van der Waals surface area contributed by atoms with Crippen molar-refractivity contribution in [3.63, 3.8) is 0 Å². The third-order valence-electron chi connectivity index (χ3n) is 6.04. The van der Waals surface area contributed by atoms with Crippen LogP contribution in [0.25, 0.3) is 17.4 Å². The maximum Gasteiger partial charge on any atom is 0.341 e. The van der Waals surface area contributed by atoms with Crippen LogP contribution in [0.15, 0.2) is 40.3 Å². The third-order valence-corrected chi connectivity index (χ3v) is 7.57. The van der Waals surface area contributed by atoms with Crippen molar-refractivity contribution in [3.05, 3.63) is 72.8 Å². The highest BCUT2D eigenvalue weighted by atomic mass is 35.5. The number of thiophene rings is 1. The molecule has 1 amide bonds. The van der Waals surface area contributed by atoms with Crippen LogP contribution in [0.5, 0.6) is 0 Å². The molecule has 0 radical (unpaired) electrons. The van der Waals surface area contributed by atoms with Crippen molar-refractivity contribution in [1.29, 1.82) is 5.26 Å². The SMILES string of the molecule is CCCCOC(=O)c1c(NC(=O)/C(C#N)=C/c2ccc(-c3ccc(Cl)c([N+](=O)[O-])c3)o2)sc2c1CCCC2. The van der Waals surface area contributed by atoms with Crippen molar-refractivity contribution in [2.75, 3.05) is 11.9 Å². The first kappa shape index (κ1) is 27.1. The van der Waals surface area contributed by atoms with Crippen LogP contribution in [0.4, 0.5) is 10.7 Å². The summed E-state index contributed by atoms with van der Waals surface area (Å²) in [5.41, 5.74) is 1.20. The Morgan fingerprint density at radius 2 is 2.08 bits per heavy atom. The number of hydrogen-bond acceptors (Lipinski definition) is 8. The first-order valence-corrected chi connectivity index (χ1v) is 13.3. The Kier molecular flexibility index (Phi) is 8.61. The Balaban J connectivity index is 1.57. The molecular weight excluding hydrogens is 530 g/mol. The molecule has 0 saturated carbocycles. The Hall–Kier alpha value is -3.94. The van der Waals surface area contributed by atoms with Crippen molar-refractivity contribution in [1.82, 2.24) is 0 Å². The second kappa shape index (κ2) is 12.1. The van der Waals surface area contributed by atoms with Gasteiger partial charge in [-0.25, -0.2) is 4.79 Å². The molecule has 0 saturated heterocycles. The maximum atomic E-state index is 13.1. The van der Waals surface area contributed by atoms with E-state index in [9.17, 15) is 25.0 Å². The summed E-state index contributed by atoms with van der Waals surface area (Å²) in [6.07, 6.45) is 6.42. The van der Waals surface area contributed by atoms with E-state index >= 15 is 0 Å². The van der Waals surface area contributed by atoms with Crippen molar-refractivity contribution < 1.29 is 23.7 Å². The number of hydrogen-bond donors (Lipinski definition) is 1. The lowest BCUT2D eigenvalue weighted by Crippen LogP contribution is -2.17. The number of furan rings is 1. The number of nitro benzene ring substituents is 1. The zero-order chi connectivity index (χ0) is 27.2. The van der Waals surface area contributed by atoms with Gasteiger partial charge in [-0.05, 0) is 61.9 Å². The van der Waals surface area contributed by atoms with E-state index < -0.39 is 16.8 Å². The van der Waals surface area contributed by atoms with Gasteiger partial charge in [-0.1, -0.05) is 24.9 Å². The molecule has 1 N–H and O–H groups in total. The molecule has 2 heterocycles. The molecule has 1 aromatic carbocycles. The van der Waals surface area contributed by atoms with Gasteiger partial charge < -0.3 is 14.5 Å². The van der Waals surface area contributed by atoms with E-state index in [4.69, 9.17) is 20.8 Å². The summed E-state index contributed by atoms with van der Waals surface area (Å²) >= 11 is 7.22. The lowest BCUT2D eigenvalue weighted by Gasteiger charge is -2.12. The molecule has 3 aromatic rings. The van der Waals surface area contributed by atoms with Gasteiger partial charge in [0.25, 0.3) is 11.6 Å². The fraction of sp³-hybridized carbons (Fsp3) is 0.296. The van der Waals surface area contributed by atoms with Crippen LogP contribution >= 0.6 is 22.9 Å². The molecule has 0 fully saturated rings. The van der Waals surface area contributed by atoms with E-state index in [0.717, 1.165) is 49.0 Å². The molecule has 1 aliphatic carbocycles. The number of aryl methyl sites for hydroxylation is 1. The van der Waals surface area contributed by atoms with Crippen LogP contribution in [0.2, 0.25) is 5.02 Å². The molecular formula is C27H24ClN3O6S. The second-order valence-electron chi connectivity index (χ2n) is 8.65. The highest BCUT2D eigenvalue weighted by Crippen LogP contribution is 2.39. The fourth-order valence-corrected chi connectivity index (χ4v) is 5.56. The third kappa shape index (κ3) is 5.96. The van der Waals surface area contributed by atoms with Gasteiger partial charge in [-0.2, -0.15) is 5.26 Å². The van der Waals surface area contributed by atoms with Gasteiger partial charge in [0.15, 0.2) is 0 Å². The molecule has 0 aliphatic heterocycles. The number of amides is 1. The molecule has 4 rings (SSSR count). The smallest absolute Gasteiger partial charge is 0.341 e. The van der Waals surface area contributed by atoms with Crippen LogP contribution in [-0.2, 0) is 22.4 Å². The van der Waals surface area contributed by atoms with Crippen molar-refractivity contribution >= 4 is 51.6 Å². The van der Waals surface area contributed by atoms with Crippen molar-refractivity contribution in [3.8, 4) is 17.4 Å². The Morgan fingerprint density at radius 3 is 2.82 bits per heavy atom. The number of anilines is 1. The lowest BCUT2D eigenvalue weighted by molar-refractivity contribution is -0.384. The second-order valence-corrected chi connectivity index (χ2v) is 10.2. The zero-order valence-electron chi connectivity index (χ0n) is 20.5. The van der Waals surface area contributed by atoms with Gasteiger partial charge in [0.2, 0.25) is 0 Å². The van der Waals surface area contributed by atoms with Crippen molar-refractivity contribution in [2.24, 2.45) is 0 Å². The van der Waals surface area contributed by atoms with Crippen LogP contribution < -0.4 is 5.32 Å². The largest absolute Gasteiger partial charge is 0.462 e. The predicted octanol–water partition coefficient (Wildman–Crippen LogP) is 6.95. The van der Waals surface area contributed by atoms with Gasteiger partial charge >= 0.3 is 5.97 Å². The zero-order valence-corrected chi connectivity index (χ0v) is 22.1. The first-order chi connectivity index (χ1) is 18.3. The average Bonchev–Trinajstić information content (AvgIpc) is 3.51. The minimum absolute atomic E-state index is 0.00210. The highest BCUT2D eigenvalue weighted by Gasteiger charge is 2.28. The lowest BCUT2D eigenvalue weighted by atomic mass is 9.95. The first-order valence-electron chi connectivity index (χ1n) is 12.1. The summed E-state index contributed by atoms with van der Waals surface area (Å²) in [7, 11) is 0. The van der Waals surface area contributed by atoms with Crippen molar-refractivity contribution in [2.45, 2.75) is 45.4 Å². The normalized spacial score (nSPS) is 12.9. The summed E-state index contributed by atoms with van der Waals surface area (Å²) < 4.78 is 11.2. The van der Waals surface area contributed by atoms with Crippen LogP contribution in [-0.4, -0.2) is 23.4 Å². The van der Waals surface area contributed by atoms with E-state index in [-0.39, 0.29) is 22.0 Å². The monoisotopic (exact) mass is 553 g/mol. The molecule has 196 valence electrons. The minimum Gasteiger partial charge on any atom is -0.462 e. The summed E-state index contributed by atoms with van der Waals surface area (Å²) in [6, 6.07) is 9.24. The number of unbranched alkanes of at least 4 members (excludes halogenated alkanes) is 1. The topological polar surface area (TPSA) is 135 Å². The van der Waals surface area contributed by atoms with E-state index in [1.54, 1.807) is 18.2 Å². The summed E-state index contributed by atoms with van der Waals surface area (Å²) in [6.45, 7) is 2.30. The Bertz CT molecular complexity index is 1470. The molecule has 1 aliphatic rings. The number of fused-ring (bicyclic) bond motifs is 1. The number of benzene rings is 1. The molecule has 0 atom stereocenters. The van der Waals surface area contributed by atoms with Gasteiger partial charge in [0.1, 0.15) is 33.2 Å². The Labute approximate surface area is 227 Å². The fourth-order valence-electron chi connectivity index (χ4n) is 4.10. The summed E-state index contributed by atoms with van der Waals surface area (Å²) in [5, 5.41) is 24.0. The number of nitrogens with zero attached hydrogens (tertiary/aromatic N) is 2. The number of nitriles is 1. The predicted molar refractivity (Wildman–Crippen MR) is 144 cm³/mol. The van der Waals surface area contributed by atoms with Crippen LogP contribution in [0.1, 0.15) is 59.2 Å². The van der Waals surface area contributed by atoms with Gasteiger partial charge in [-0.3, -0.25) is 14.9 Å². The quantitative estimate of drug-likeness (QED) is 0.0755. The molecule has 2 aromatic heterocycles. The van der Waals surface area contributed by atoms with Gasteiger partial charge in [0, 0.05) is 22.6 Å².